The lowest BCUT2D eigenvalue weighted by Gasteiger charge is -2.34. The third-order valence-electron chi connectivity index (χ3n) is 3.43. The molecule has 1 aromatic rings. The Morgan fingerprint density at radius 3 is 2.79 bits per heavy atom. The molecule has 1 aliphatic rings. The summed E-state index contributed by atoms with van der Waals surface area (Å²) in [6, 6.07) is 1.63. The third-order valence-corrected chi connectivity index (χ3v) is 5.97. The third kappa shape index (κ3) is 4.90. The molecule has 8 nitrogen and oxygen atoms in total. The molecule has 1 aliphatic heterocycles. The minimum absolute atomic E-state index is 0.132. The number of aliphatic carboxylic acids is 1. The minimum atomic E-state index is -3.70. The molecular weight excluding hydrogens is 380 g/mol. The van der Waals surface area contributed by atoms with Crippen molar-refractivity contribution >= 4 is 44.8 Å². The lowest BCUT2D eigenvalue weighted by Crippen LogP contribution is -2.51. The summed E-state index contributed by atoms with van der Waals surface area (Å²) in [6.07, 6.45) is 0.336. The topological polar surface area (TPSA) is 104 Å². The highest BCUT2D eigenvalue weighted by Crippen LogP contribution is 2.24. The first-order valence-corrected chi connectivity index (χ1v) is 10.1. The molecule has 1 saturated heterocycles. The molecule has 1 fully saturated rings. The second kappa shape index (κ2) is 7.79. The molecule has 0 radical (unpaired) electrons. The average Bonchev–Trinajstić information content (AvgIpc) is 2.91. The van der Waals surface area contributed by atoms with Crippen molar-refractivity contribution in [3.8, 4) is 0 Å². The van der Waals surface area contributed by atoms with Gasteiger partial charge in [0.05, 0.1) is 24.0 Å². The predicted molar refractivity (Wildman–Crippen MR) is 89.0 cm³/mol. The monoisotopic (exact) mass is 396 g/mol. The van der Waals surface area contributed by atoms with Gasteiger partial charge < -0.3 is 14.7 Å². The fraction of sp³-hybridized carbons (Fsp3) is 0.538. The lowest BCUT2D eigenvalue weighted by atomic mass is 10.2. The number of carboxylic acid groups (broad SMARTS) is 1. The van der Waals surface area contributed by atoms with E-state index in [1.165, 1.54) is 16.2 Å². The Bertz CT molecular complexity index is 720. The van der Waals surface area contributed by atoms with Crippen LogP contribution in [0.4, 0.5) is 0 Å². The summed E-state index contributed by atoms with van der Waals surface area (Å²) >= 11 is 7.20. The summed E-state index contributed by atoms with van der Waals surface area (Å²) in [5.41, 5.74) is 0. The summed E-state index contributed by atoms with van der Waals surface area (Å²) in [5, 5.41) is 10.9. The molecule has 11 heteroatoms. The number of sulfonamides is 1. The number of amides is 1. The van der Waals surface area contributed by atoms with Gasteiger partial charge in [0.2, 0.25) is 10.0 Å². The van der Waals surface area contributed by atoms with E-state index in [9.17, 15) is 18.0 Å². The van der Waals surface area contributed by atoms with Crippen LogP contribution in [0.1, 0.15) is 9.67 Å². The van der Waals surface area contributed by atoms with E-state index in [0.717, 1.165) is 10.6 Å². The maximum Gasteiger partial charge on any atom is 0.318 e. The van der Waals surface area contributed by atoms with Gasteiger partial charge in [-0.1, -0.05) is 11.6 Å². The van der Waals surface area contributed by atoms with Crippen LogP contribution in [-0.2, 0) is 19.6 Å². The average molecular weight is 397 g/mol. The zero-order valence-electron chi connectivity index (χ0n) is 12.8. The number of thiophene rings is 1. The van der Waals surface area contributed by atoms with Crippen LogP contribution in [0.5, 0.6) is 0 Å². The van der Waals surface area contributed by atoms with E-state index in [2.05, 4.69) is 0 Å². The number of carbonyl (C=O) groups excluding carboxylic acids is 1. The molecule has 1 N–H and O–H groups in total. The molecular formula is C13H17ClN2O6S2. The van der Waals surface area contributed by atoms with Crippen LogP contribution in [0.3, 0.4) is 0 Å². The molecule has 1 aromatic heterocycles. The van der Waals surface area contributed by atoms with E-state index in [-0.39, 0.29) is 25.6 Å². The Kier molecular flexibility index (Phi) is 6.21. The fourth-order valence-corrected chi connectivity index (χ4v) is 4.18. The van der Waals surface area contributed by atoms with Crippen molar-refractivity contribution in [3.63, 3.8) is 0 Å². The first kappa shape index (κ1) is 19.1. The number of ether oxygens (including phenoxy) is 1. The molecule has 0 bridgehead atoms. The SMILES string of the molecule is CS(=O)(=O)N(CC(=O)O)CC1CN(C(=O)c2sccc2Cl)CCO1. The second-order valence-corrected chi connectivity index (χ2v) is 8.60. The summed E-state index contributed by atoms with van der Waals surface area (Å²) in [6.45, 7) is -0.0133. The van der Waals surface area contributed by atoms with Crippen molar-refractivity contribution in [2.24, 2.45) is 0 Å². The number of carboxylic acids is 1. The zero-order valence-corrected chi connectivity index (χ0v) is 15.2. The van der Waals surface area contributed by atoms with Gasteiger partial charge in [-0.05, 0) is 11.4 Å². The first-order valence-electron chi connectivity index (χ1n) is 6.99. The summed E-state index contributed by atoms with van der Waals surface area (Å²) in [4.78, 5) is 25.3. The molecule has 1 amide bonds. The van der Waals surface area contributed by atoms with Gasteiger partial charge in [0.25, 0.3) is 5.91 Å². The van der Waals surface area contributed by atoms with Gasteiger partial charge in [-0.25, -0.2) is 8.42 Å². The number of nitrogens with zero attached hydrogens (tertiary/aromatic N) is 2. The van der Waals surface area contributed by atoms with E-state index >= 15 is 0 Å². The predicted octanol–water partition coefficient (Wildman–Crippen LogP) is 0.589. The number of carbonyl (C=O) groups is 2. The van der Waals surface area contributed by atoms with Gasteiger partial charge in [0, 0.05) is 19.6 Å². The van der Waals surface area contributed by atoms with Crippen LogP contribution in [-0.4, -0.2) is 79.8 Å². The lowest BCUT2D eigenvalue weighted by molar-refractivity contribution is -0.137. The van der Waals surface area contributed by atoms with Crippen LogP contribution in [0.2, 0.25) is 5.02 Å². The molecule has 1 unspecified atom stereocenters. The molecule has 2 heterocycles. The Hall–Kier alpha value is -1.20. The number of hydrogen-bond acceptors (Lipinski definition) is 6. The molecule has 0 aliphatic carbocycles. The summed E-state index contributed by atoms with van der Waals surface area (Å²) in [5.74, 6) is -1.50. The Balaban J connectivity index is 2.05. The van der Waals surface area contributed by atoms with Crippen molar-refractivity contribution < 1.29 is 27.9 Å². The van der Waals surface area contributed by atoms with Crippen LogP contribution in [0, 0.1) is 0 Å². The molecule has 1 atom stereocenters. The highest BCUT2D eigenvalue weighted by atomic mass is 35.5. The van der Waals surface area contributed by atoms with Crippen molar-refractivity contribution in [3.05, 3.63) is 21.3 Å². The molecule has 134 valence electrons. The smallest absolute Gasteiger partial charge is 0.318 e. The van der Waals surface area contributed by atoms with Crippen LogP contribution >= 0.6 is 22.9 Å². The van der Waals surface area contributed by atoms with Gasteiger partial charge in [-0.2, -0.15) is 4.31 Å². The molecule has 24 heavy (non-hydrogen) atoms. The molecule has 0 saturated carbocycles. The number of hydrogen-bond donors (Lipinski definition) is 1. The van der Waals surface area contributed by atoms with E-state index in [1.807, 2.05) is 0 Å². The largest absolute Gasteiger partial charge is 0.480 e. The van der Waals surface area contributed by atoms with Crippen LogP contribution in [0.15, 0.2) is 11.4 Å². The van der Waals surface area contributed by atoms with Gasteiger partial charge in [0.15, 0.2) is 0 Å². The highest BCUT2D eigenvalue weighted by molar-refractivity contribution is 7.88. The van der Waals surface area contributed by atoms with Crippen LogP contribution < -0.4 is 0 Å². The molecule has 0 spiro atoms. The summed E-state index contributed by atoms with van der Waals surface area (Å²) in [7, 11) is -3.70. The maximum atomic E-state index is 12.5. The highest BCUT2D eigenvalue weighted by Gasteiger charge is 2.31. The van der Waals surface area contributed by atoms with Crippen molar-refractivity contribution in [1.29, 1.82) is 0 Å². The van der Waals surface area contributed by atoms with E-state index in [0.29, 0.717) is 16.4 Å². The van der Waals surface area contributed by atoms with Crippen molar-refractivity contribution in [2.45, 2.75) is 6.10 Å². The number of rotatable bonds is 6. The van der Waals surface area contributed by atoms with Crippen molar-refractivity contribution in [1.82, 2.24) is 9.21 Å². The van der Waals surface area contributed by atoms with Gasteiger partial charge in [-0.3, -0.25) is 9.59 Å². The summed E-state index contributed by atoms with van der Waals surface area (Å²) < 4.78 is 29.7. The Labute approximate surface area is 148 Å². The molecule has 0 aromatic carbocycles. The second-order valence-electron chi connectivity index (χ2n) is 5.29. The van der Waals surface area contributed by atoms with E-state index < -0.39 is 28.6 Å². The van der Waals surface area contributed by atoms with Gasteiger partial charge in [0.1, 0.15) is 11.4 Å². The van der Waals surface area contributed by atoms with Gasteiger partial charge >= 0.3 is 5.97 Å². The van der Waals surface area contributed by atoms with Crippen molar-refractivity contribution in [2.75, 3.05) is 39.0 Å². The normalized spacial score (nSPS) is 18.8. The maximum absolute atomic E-state index is 12.5. The number of morpholine rings is 1. The molecule has 2 rings (SSSR count). The van der Waals surface area contributed by atoms with E-state index in [1.54, 1.807) is 11.4 Å². The Morgan fingerprint density at radius 2 is 2.25 bits per heavy atom. The zero-order chi connectivity index (χ0) is 17.9. The van der Waals surface area contributed by atoms with E-state index in [4.69, 9.17) is 21.4 Å². The standard InChI is InChI=1S/C13H17ClN2O6S2/c1-24(20,21)16(8-11(17)18)7-9-6-15(3-4-22-9)13(19)12-10(14)2-5-23-12/h2,5,9H,3-4,6-8H2,1H3,(H,17,18). The first-order chi connectivity index (χ1) is 11.2. The Morgan fingerprint density at radius 1 is 1.54 bits per heavy atom. The quantitative estimate of drug-likeness (QED) is 0.754. The minimum Gasteiger partial charge on any atom is -0.480 e. The van der Waals surface area contributed by atoms with Gasteiger partial charge in [-0.15, -0.1) is 11.3 Å². The fourth-order valence-electron chi connectivity index (χ4n) is 2.30. The number of halogens is 1. The van der Waals surface area contributed by atoms with Crippen LogP contribution in [0.25, 0.3) is 0 Å².